The van der Waals surface area contributed by atoms with E-state index in [9.17, 15) is 43.2 Å². The Morgan fingerprint density at radius 3 is 0.905 bits per heavy atom. The topological polar surface area (TPSA) is 237 Å². The van der Waals surface area contributed by atoms with Crippen LogP contribution in [0.3, 0.4) is 0 Å². The molecule has 84 heavy (non-hydrogen) atoms. The van der Waals surface area contributed by atoms with Gasteiger partial charge in [0.2, 0.25) is 0 Å². The molecule has 0 spiro atoms. The number of hydrogen-bond acceptors (Lipinski definition) is 15. The monoisotopic (exact) mass is 1240 g/mol. The lowest BCUT2D eigenvalue weighted by atomic mass is 10.00. The van der Waals surface area contributed by atoms with E-state index >= 15 is 0 Å². The van der Waals surface area contributed by atoms with Crippen molar-refractivity contribution in [2.75, 3.05) is 39.6 Å². The quantitative estimate of drug-likeness (QED) is 0.0222. The summed E-state index contributed by atoms with van der Waals surface area (Å²) in [7, 11) is -9.88. The molecule has 0 aliphatic heterocycles. The summed E-state index contributed by atoms with van der Waals surface area (Å²) >= 11 is 0. The number of phosphoric ester groups is 2. The summed E-state index contributed by atoms with van der Waals surface area (Å²) in [5.41, 5.74) is 0. The van der Waals surface area contributed by atoms with Crippen molar-refractivity contribution in [2.24, 2.45) is 11.8 Å². The Morgan fingerprint density at radius 1 is 0.345 bits per heavy atom. The van der Waals surface area contributed by atoms with E-state index in [0.717, 1.165) is 115 Å². The minimum absolute atomic E-state index is 0.102. The van der Waals surface area contributed by atoms with Crippen molar-refractivity contribution in [3.8, 4) is 0 Å². The molecule has 0 heterocycles. The summed E-state index contributed by atoms with van der Waals surface area (Å²) in [4.78, 5) is 72.1. The number of ether oxygens (including phenoxy) is 4. The molecule has 0 amide bonds. The zero-order chi connectivity index (χ0) is 62.2. The summed E-state index contributed by atoms with van der Waals surface area (Å²) in [6.07, 6.45) is 40.7. The number of aliphatic hydroxyl groups excluding tert-OH is 1. The third-order valence-corrected chi connectivity index (χ3v) is 17.2. The highest BCUT2D eigenvalue weighted by Crippen LogP contribution is 2.45. The Kier molecular flexibility index (Phi) is 56.2. The predicted molar refractivity (Wildman–Crippen MR) is 335 cm³/mol. The Morgan fingerprint density at radius 2 is 0.607 bits per heavy atom. The van der Waals surface area contributed by atoms with Crippen LogP contribution >= 0.6 is 15.6 Å². The number of esters is 4. The molecular weight excluding hydrogens is 1110 g/mol. The van der Waals surface area contributed by atoms with E-state index in [1.165, 1.54) is 122 Å². The maximum absolute atomic E-state index is 13.0. The van der Waals surface area contributed by atoms with Crippen molar-refractivity contribution in [2.45, 2.75) is 342 Å². The molecule has 0 aliphatic carbocycles. The van der Waals surface area contributed by atoms with E-state index in [1.54, 1.807) is 0 Å². The standard InChI is InChI=1S/C65H126O17P2/c1-7-10-12-14-16-17-18-19-20-21-22-23-24-25-26-28-37-43-49-64(69)81-60(54-76-63(68)48-42-36-32-30-34-40-46-58(6)9-3)55-79-83(71,72)77-51-59(66)52-78-84(73,74)80-56-61(53-75-62(67)47-41-35-27-15-13-11-8-2)82-65(70)50-44-38-31-29-33-39-45-57(4)5/h57-61,66H,7-56H2,1-6H3,(H,71,72)(H,73,74)/t58?,59-,60-,61-/m1/s1. The molecular formula is C65H126O17P2. The number of hydrogen-bond donors (Lipinski definition) is 3. The van der Waals surface area contributed by atoms with Crippen molar-refractivity contribution >= 4 is 39.5 Å². The van der Waals surface area contributed by atoms with Crippen LogP contribution in [0.1, 0.15) is 324 Å². The van der Waals surface area contributed by atoms with Crippen LogP contribution in [0, 0.1) is 11.8 Å². The minimum atomic E-state index is -4.95. The largest absolute Gasteiger partial charge is 0.472 e. The lowest BCUT2D eigenvalue weighted by Crippen LogP contribution is -2.30. The van der Waals surface area contributed by atoms with Gasteiger partial charge in [-0.05, 0) is 37.5 Å². The molecule has 0 bridgehead atoms. The Labute approximate surface area is 511 Å². The van der Waals surface area contributed by atoms with Crippen LogP contribution < -0.4 is 0 Å². The van der Waals surface area contributed by atoms with Gasteiger partial charge >= 0.3 is 39.5 Å². The van der Waals surface area contributed by atoms with Crippen molar-refractivity contribution in [3.63, 3.8) is 0 Å². The molecule has 0 aromatic heterocycles. The number of carbonyl (C=O) groups is 4. The van der Waals surface area contributed by atoms with E-state index in [-0.39, 0.29) is 25.7 Å². The SMILES string of the molecule is CCCCCCCCCCCCCCCCCCCCC(=O)O[C@H](COC(=O)CCCCCCCCC(C)CC)COP(=O)(O)OC[C@@H](O)COP(=O)(O)OC[C@@H](COC(=O)CCCCCCCCC)OC(=O)CCCCCCCCC(C)C. The van der Waals surface area contributed by atoms with Gasteiger partial charge < -0.3 is 33.8 Å². The van der Waals surface area contributed by atoms with Crippen molar-refractivity contribution in [1.82, 2.24) is 0 Å². The average Bonchev–Trinajstić information content (AvgIpc) is 3.59. The van der Waals surface area contributed by atoms with Crippen LogP contribution in [0.25, 0.3) is 0 Å². The van der Waals surface area contributed by atoms with Gasteiger partial charge in [-0.25, -0.2) is 9.13 Å². The van der Waals surface area contributed by atoms with Gasteiger partial charge in [-0.1, -0.05) is 273 Å². The Bertz CT molecular complexity index is 1650. The summed E-state index contributed by atoms with van der Waals surface area (Å²) in [5, 5.41) is 10.5. The first-order valence-corrected chi connectivity index (χ1v) is 37.0. The number of unbranched alkanes of at least 4 members (excludes halogenated alkanes) is 33. The molecule has 498 valence electrons. The van der Waals surface area contributed by atoms with Crippen LogP contribution in [0.5, 0.6) is 0 Å². The molecule has 3 unspecified atom stereocenters. The molecule has 0 aromatic rings. The van der Waals surface area contributed by atoms with Crippen LogP contribution in [0.4, 0.5) is 0 Å². The zero-order valence-electron chi connectivity index (χ0n) is 54.2. The van der Waals surface area contributed by atoms with E-state index < -0.39 is 97.5 Å². The van der Waals surface area contributed by atoms with Gasteiger partial charge in [-0.2, -0.15) is 0 Å². The van der Waals surface area contributed by atoms with Gasteiger partial charge in [-0.3, -0.25) is 37.3 Å². The number of phosphoric acid groups is 2. The molecule has 3 N–H and O–H groups in total. The van der Waals surface area contributed by atoms with E-state index in [4.69, 9.17) is 37.0 Å². The van der Waals surface area contributed by atoms with Crippen LogP contribution in [-0.4, -0.2) is 96.7 Å². The zero-order valence-corrected chi connectivity index (χ0v) is 56.0. The van der Waals surface area contributed by atoms with Gasteiger partial charge in [0.15, 0.2) is 12.2 Å². The third-order valence-electron chi connectivity index (χ3n) is 15.3. The summed E-state index contributed by atoms with van der Waals surface area (Å²) in [5.74, 6) is -0.741. The molecule has 0 saturated carbocycles. The molecule has 0 aromatic carbocycles. The minimum Gasteiger partial charge on any atom is -0.462 e. The maximum Gasteiger partial charge on any atom is 0.472 e. The van der Waals surface area contributed by atoms with Gasteiger partial charge in [0.05, 0.1) is 26.4 Å². The first-order chi connectivity index (χ1) is 40.4. The normalized spacial score (nSPS) is 14.6. The van der Waals surface area contributed by atoms with Crippen LogP contribution in [-0.2, 0) is 65.4 Å². The number of aliphatic hydroxyl groups is 1. The molecule has 0 aliphatic rings. The van der Waals surface area contributed by atoms with E-state index in [1.807, 2.05) is 0 Å². The highest BCUT2D eigenvalue weighted by molar-refractivity contribution is 7.47. The maximum atomic E-state index is 13.0. The van der Waals surface area contributed by atoms with Crippen molar-refractivity contribution in [3.05, 3.63) is 0 Å². The third kappa shape index (κ3) is 57.8. The highest BCUT2D eigenvalue weighted by atomic mass is 31.2. The van der Waals surface area contributed by atoms with Crippen LogP contribution in [0.15, 0.2) is 0 Å². The van der Waals surface area contributed by atoms with Gasteiger partial charge in [0.25, 0.3) is 0 Å². The molecule has 0 fully saturated rings. The molecule has 6 atom stereocenters. The second kappa shape index (κ2) is 57.5. The van der Waals surface area contributed by atoms with E-state index in [0.29, 0.717) is 31.6 Å². The van der Waals surface area contributed by atoms with Crippen LogP contribution in [0.2, 0.25) is 0 Å². The molecule has 17 nitrogen and oxygen atoms in total. The van der Waals surface area contributed by atoms with E-state index in [2.05, 4.69) is 41.5 Å². The summed E-state index contributed by atoms with van der Waals surface area (Å²) in [6.45, 7) is 9.33. The number of carbonyl (C=O) groups excluding carboxylic acids is 4. The average molecular weight is 1240 g/mol. The summed E-state index contributed by atoms with van der Waals surface area (Å²) < 4.78 is 67.9. The number of rotatable bonds is 64. The van der Waals surface area contributed by atoms with Crippen molar-refractivity contribution in [1.29, 1.82) is 0 Å². The fourth-order valence-electron chi connectivity index (χ4n) is 9.68. The predicted octanol–water partition coefficient (Wildman–Crippen LogP) is 18.0. The first kappa shape index (κ1) is 82.1. The second-order valence-corrected chi connectivity index (χ2v) is 27.1. The fraction of sp³-hybridized carbons (Fsp3) is 0.938. The fourth-order valence-corrected chi connectivity index (χ4v) is 11.3. The van der Waals surface area contributed by atoms with Gasteiger partial charge in [-0.15, -0.1) is 0 Å². The first-order valence-electron chi connectivity index (χ1n) is 34.0. The Balaban J connectivity index is 5.16. The smallest absolute Gasteiger partial charge is 0.462 e. The highest BCUT2D eigenvalue weighted by Gasteiger charge is 2.30. The van der Waals surface area contributed by atoms with Gasteiger partial charge in [0.1, 0.15) is 19.3 Å². The molecule has 19 heteroatoms. The Hall–Kier alpha value is -1.94. The summed E-state index contributed by atoms with van der Waals surface area (Å²) in [6, 6.07) is 0. The van der Waals surface area contributed by atoms with Crippen molar-refractivity contribution < 1.29 is 80.2 Å². The lowest BCUT2D eigenvalue weighted by Gasteiger charge is -2.21. The molecule has 0 saturated heterocycles. The van der Waals surface area contributed by atoms with Gasteiger partial charge in [0, 0.05) is 25.7 Å². The second-order valence-electron chi connectivity index (χ2n) is 24.2. The molecule has 0 rings (SSSR count). The molecule has 0 radical (unpaired) electrons. The lowest BCUT2D eigenvalue weighted by molar-refractivity contribution is -0.161.